The van der Waals surface area contributed by atoms with E-state index in [2.05, 4.69) is 5.10 Å². The molecule has 2 rings (SSSR count). The molecule has 22 heavy (non-hydrogen) atoms. The minimum Gasteiger partial charge on any atom is -0.496 e. The van der Waals surface area contributed by atoms with Crippen LogP contribution in [-0.2, 0) is 11.3 Å². The second-order valence-corrected chi connectivity index (χ2v) is 4.46. The number of methoxy groups -OCH3 is 1. The third-order valence-corrected chi connectivity index (χ3v) is 2.91. The van der Waals surface area contributed by atoms with Gasteiger partial charge in [0.1, 0.15) is 18.1 Å². The third kappa shape index (κ3) is 3.69. The van der Waals surface area contributed by atoms with Crippen molar-refractivity contribution in [3.63, 3.8) is 0 Å². The molecule has 0 aliphatic carbocycles. The van der Waals surface area contributed by atoms with Crippen LogP contribution >= 0.6 is 0 Å². The molecule has 0 bridgehead atoms. The summed E-state index contributed by atoms with van der Waals surface area (Å²) in [6, 6.07) is 5.31. The highest BCUT2D eigenvalue weighted by Crippen LogP contribution is 2.22. The lowest BCUT2D eigenvalue weighted by Gasteiger charge is -2.09. The van der Waals surface area contributed by atoms with Gasteiger partial charge >= 0.3 is 5.69 Å². The van der Waals surface area contributed by atoms with Gasteiger partial charge in [0.15, 0.2) is 0 Å². The van der Waals surface area contributed by atoms with Crippen LogP contribution in [0.4, 0.5) is 5.69 Å². The first-order valence-corrected chi connectivity index (χ1v) is 6.31. The Morgan fingerprint density at radius 1 is 1.55 bits per heavy atom. The quantitative estimate of drug-likeness (QED) is 0.491. The third-order valence-electron chi connectivity index (χ3n) is 2.91. The summed E-state index contributed by atoms with van der Waals surface area (Å²) < 4.78 is 6.70. The van der Waals surface area contributed by atoms with Crippen LogP contribution < -0.4 is 10.5 Å². The fourth-order valence-electron chi connectivity index (χ4n) is 1.91. The molecule has 0 aliphatic rings. The van der Waals surface area contributed by atoms with Crippen molar-refractivity contribution in [2.24, 2.45) is 5.73 Å². The molecule has 0 spiro atoms. The SMILES string of the molecule is COc1ccc(/C=C/C(N)=O)cc1Cn1cc([N+](=O)[O-])cn1. The van der Waals surface area contributed by atoms with E-state index in [1.165, 1.54) is 30.3 Å². The van der Waals surface area contributed by atoms with Gasteiger partial charge in [-0.05, 0) is 23.8 Å². The minimum atomic E-state index is -0.542. The van der Waals surface area contributed by atoms with Crippen molar-refractivity contribution in [3.05, 3.63) is 57.9 Å². The number of primary amides is 1. The molecule has 0 radical (unpaired) electrons. The van der Waals surface area contributed by atoms with Gasteiger partial charge in [0.25, 0.3) is 0 Å². The smallest absolute Gasteiger partial charge is 0.307 e. The normalized spacial score (nSPS) is 10.8. The van der Waals surface area contributed by atoms with Gasteiger partial charge in [0, 0.05) is 11.6 Å². The van der Waals surface area contributed by atoms with Crippen LogP contribution in [0.5, 0.6) is 5.75 Å². The topological polar surface area (TPSA) is 113 Å². The second-order valence-electron chi connectivity index (χ2n) is 4.46. The zero-order valence-electron chi connectivity index (χ0n) is 11.8. The first-order valence-electron chi connectivity index (χ1n) is 6.31. The van der Waals surface area contributed by atoms with Crippen molar-refractivity contribution in [2.45, 2.75) is 6.54 Å². The number of aromatic nitrogens is 2. The van der Waals surface area contributed by atoms with Crippen molar-refractivity contribution in [1.29, 1.82) is 0 Å². The molecule has 2 aromatic rings. The molecule has 0 fully saturated rings. The molecule has 2 N–H and O–H groups in total. The molecular formula is C14H14N4O4. The number of amides is 1. The predicted octanol–water partition coefficient (Wildman–Crippen LogP) is 1.35. The fourth-order valence-corrected chi connectivity index (χ4v) is 1.91. The minimum absolute atomic E-state index is 0.0799. The molecule has 0 unspecified atom stereocenters. The zero-order chi connectivity index (χ0) is 16.1. The maximum absolute atomic E-state index is 10.8. The summed E-state index contributed by atoms with van der Waals surface area (Å²) >= 11 is 0. The monoisotopic (exact) mass is 302 g/mol. The molecular weight excluding hydrogens is 288 g/mol. The van der Waals surface area contributed by atoms with Crippen molar-refractivity contribution >= 4 is 17.7 Å². The van der Waals surface area contributed by atoms with Crippen molar-refractivity contribution in [2.75, 3.05) is 7.11 Å². The zero-order valence-corrected chi connectivity index (χ0v) is 11.8. The van der Waals surface area contributed by atoms with E-state index in [1.807, 2.05) is 0 Å². The van der Waals surface area contributed by atoms with E-state index in [0.717, 1.165) is 11.1 Å². The molecule has 1 amide bonds. The molecule has 0 atom stereocenters. The largest absolute Gasteiger partial charge is 0.496 e. The lowest BCUT2D eigenvalue weighted by atomic mass is 10.1. The van der Waals surface area contributed by atoms with E-state index in [4.69, 9.17) is 10.5 Å². The molecule has 1 aromatic heterocycles. The van der Waals surface area contributed by atoms with Gasteiger partial charge in [-0.2, -0.15) is 5.10 Å². The summed E-state index contributed by atoms with van der Waals surface area (Å²) in [6.45, 7) is 0.301. The highest BCUT2D eigenvalue weighted by atomic mass is 16.6. The maximum atomic E-state index is 10.8. The molecule has 114 valence electrons. The summed E-state index contributed by atoms with van der Waals surface area (Å²) in [5.41, 5.74) is 6.51. The molecule has 1 heterocycles. The highest BCUT2D eigenvalue weighted by molar-refractivity contribution is 5.90. The van der Waals surface area contributed by atoms with Gasteiger partial charge in [0.2, 0.25) is 5.91 Å². The van der Waals surface area contributed by atoms with Crippen LogP contribution in [0.1, 0.15) is 11.1 Å². The lowest BCUT2D eigenvalue weighted by molar-refractivity contribution is -0.385. The Balaban J connectivity index is 2.28. The van der Waals surface area contributed by atoms with Crippen LogP contribution in [0.15, 0.2) is 36.7 Å². The number of ether oxygens (including phenoxy) is 1. The molecule has 8 nitrogen and oxygen atoms in total. The van der Waals surface area contributed by atoms with Crippen molar-refractivity contribution in [1.82, 2.24) is 9.78 Å². The summed E-state index contributed by atoms with van der Waals surface area (Å²) in [7, 11) is 1.53. The Bertz CT molecular complexity index is 736. The van der Waals surface area contributed by atoms with Crippen LogP contribution in [0.2, 0.25) is 0 Å². The van der Waals surface area contributed by atoms with E-state index in [1.54, 1.807) is 24.3 Å². The summed E-state index contributed by atoms with van der Waals surface area (Å²) in [5.74, 6) is 0.0782. The Hall–Kier alpha value is -3.16. The van der Waals surface area contributed by atoms with Crippen LogP contribution in [0, 0.1) is 10.1 Å². The van der Waals surface area contributed by atoms with E-state index in [-0.39, 0.29) is 5.69 Å². The first kappa shape index (κ1) is 15.2. The predicted molar refractivity (Wildman–Crippen MR) is 79.2 cm³/mol. The first-order chi connectivity index (χ1) is 10.5. The van der Waals surface area contributed by atoms with E-state index in [9.17, 15) is 14.9 Å². The Morgan fingerprint density at radius 3 is 2.91 bits per heavy atom. The number of hydrogen-bond donors (Lipinski definition) is 1. The number of nitrogens with two attached hydrogens (primary N) is 1. The number of nitrogens with zero attached hydrogens (tertiary/aromatic N) is 3. The Kier molecular flexibility index (Phi) is 4.52. The van der Waals surface area contributed by atoms with Gasteiger partial charge in [-0.25, -0.2) is 0 Å². The Morgan fingerprint density at radius 2 is 2.32 bits per heavy atom. The van der Waals surface area contributed by atoms with Gasteiger partial charge in [-0.3, -0.25) is 19.6 Å². The maximum Gasteiger partial charge on any atom is 0.307 e. The number of rotatable bonds is 6. The van der Waals surface area contributed by atoms with Gasteiger partial charge in [-0.1, -0.05) is 6.07 Å². The summed E-state index contributed by atoms with van der Waals surface area (Å²) in [6.07, 6.45) is 5.36. The lowest BCUT2D eigenvalue weighted by Crippen LogP contribution is -2.05. The number of hydrogen-bond acceptors (Lipinski definition) is 5. The number of benzene rings is 1. The van der Waals surface area contributed by atoms with E-state index >= 15 is 0 Å². The summed E-state index contributed by atoms with van der Waals surface area (Å²) in [5, 5.41) is 14.6. The van der Waals surface area contributed by atoms with Crippen LogP contribution in [0.25, 0.3) is 6.08 Å². The van der Waals surface area contributed by atoms with Crippen LogP contribution in [0.3, 0.4) is 0 Å². The molecule has 0 aliphatic heterocycles. The van der Waals surface area contributed by atoms with Crippen molar-refractivity contribution < 1.29 is 14.5 Å². The molecule has 0 saturated carbocycles. The van der Waals surface area contributed by atoms with E-state index in [0.29, 0.717) is 12.3 Å². The standard InChI is InChI=1S/C14H14N4O4/c1-22-13-4-2-10(3-5-14(15)19)6-11(13)8-17-9-12(7-16-17)18(20)21/h2-7,9H,8H2,1H3,(H2,15,19)/b5-3+. The van der Waals surface area contributed by atoms with E-state index < -0.39 is 10.8 Å². The fraction of sp³-hybridized carbons (Fsp3) is 0.143. The number of carbonyl (C=O) groups excluding carboxylic acids is 1. The molecule has 1 aromatic carbocycles. The number of nitro groups is 1. The molecule has 8 heteroatoms. The Labute approximate surface area is 125 Å². The highest BCUT2D eigenvalue weighted by Gasteiger charge is 2.11. The van der Waals surface area contributed by atoms with Gasteiger partial charge < -0.3 is 10.5 Å². The number of carbonyl (C=O) groups is 1. The molecule has 0 saturated heterocycles. The van der Waals surface area contributed by atoms with Crippen LogP contribution in [-0.4, -0.2) is 27.7 Å². The summed E-state index contributed by atoms with van der Waals surface area (Å²) in [4.78, 5) is 20.9. The average Bonchev–Trinajstić information content (AvgIpc) is 2.94. The van der Waals surface area contributed by atoms with Gasteiger partial charge in [0.05, 0.1) is 18.6 Å². The van der Waals surface area contributed by atoms with Crippen molar-refractivity contribution in [3.8, 4) is 5.75 Å². The van der Waals surface area contributed by atoms with Gasteiger partial charge in [-0.15, -0.1) is 0 Å². The average molecular weight is 302 g/mol. The second kappa shape index (κ2) is 6.53.